The lowest BCUT2D eigenvalue weighted by Gasteiger charge is -2.22. The summed E-state index contributed by atoms with van der Waals surface area (Å²) in [7, 11) is 0. The molecule has 0 amide bonds. The SMILES string of the molecule is CC(C)(C)C1=CC=NSC1. The molecule has 0 aliphatic carbocycles. The van der Waals surface area contributed by atoms with E-state index < -0.39 is 0 Å². The number of rotatable bonds is 0. The summed E-state index contributed by atoms with van der Waals surface area (Å²) >= 11 is 1.63. The number of allylic oxidation sites excluding steroid dienone is 1. The Bertz CT molecular complexity index is 174. The van der Waals surface area contributed by atoms with Crippen LogP contribution in [-0.4, -0.2) is 12.0 Å². The fourth-order valence-electron chi connectivity index (χ4n) is 0.785. The van der Waals surface area contributed by atoms with E-state index >= 15 is 0 Å². The summed E-state index contributed by atoms with van der Waals surface area (Å²) in [6.45, 7) is 6.70. The molecule has 1 nitrogen and oxygen atoms in total. The van der Waals surface area contributed by atoms with Crippen LogP contribution in [0.15, 0.2) is 16.0 Å². The quantitative estimate of drug-likeness (QED) is 0.490. The molecule has 0 bridgehead atoms. The van der Waals surface area contributed by atoms with Gasteiger partial charge in [-0.1, -0.05) is 26.3 Å². The van der Waals surface area contributed by atoms with E-state index in [9.17, 15) is 0 Å². The molecule has 0 unspecified atom stereocenters. The van der Waals surface area contributed by atoms with Crippen molar-refractivity contribution in [3.63, 3.8) is 0 Å². The standard InChI is InChI=1S/C8H13NS/c1-8(2,3)7-4-5-9-10-6-7/h4-5H,6H2,1-3H3. The second kappa shape index (κ2) is 2.79. The minimum atomic E-state index is 0.319. The van der Waals surface area contributed by atoms with Crippen molar-refractivity contribution in [3.8, 4) is 0 Å². The normalized spacial score (nSPS) is 18.9. The minimum absolute atomic E-state index is 0.319. The molecule has 2 heteroatoms. The maximum absolute atomic E-state index is 4.06. The predicted molar refractivity (Wildman–Crippen MR) is 48.5 cm³/mol. The molecule has 1 aliphatic rings. The second-order valence-corrected chi connectivity index (χ2v) is 4.23. The molecule has 0 atom stereocenters. The Hall–Kier alpha value is -0.240. The first-order valence-electron chi connectivity index (χ1n) is 3.46. The van der Waals surface area contributed by atoms with Gasteiger partial charge in [-0.3, -0.25) is 0 Å². The molecule has 0 aromatic heterocycles. The maximum atomic E-state index is 4.06. The molecule has 0 saturated heterocycles. The Balaban J connectivity index is 2.72. The fraction of sp³-hybridized carbons (Fsp3) is 0.625. The Kier molecular flexibility index (Phi) is 2.19. The van der Waals surface area contributed by atoms with Crippen molar-refractivity contribution >= 4 is 18.2 Å². The van der Waals surface area contributed by atoms with Crippen molar-refractivity contribution in [2.45, 2.75) is 20.8 Å². The lowest BCUT2D eigenvalue weighted by atomic mass is 9.87. The third kappa shape index (κ3) is 1.87. The highest BCUT2D eigenvalue weighted by Gasteiger charge is 2.17. The minimum Gasteiger partial charge on any atom is -0.224 e. The van der Waals surface area contributed by atoms with E-state index in [1.165, 1.54) is 5.57 Å². The molecule has 10 heavy (non-hydrogen) atoms. The van der Waals surface area contributed by atoms with Gasteiger partial charge in [0.2, 0.25) is 0 Å². The summed E-state index contributed by atoms with van der Waals surface area (Å²) in [6, 6.07) is 0. The van der Waals surface area contributed by atoms with Crippen molar-refractivity contribution in [2.75, 3.05) is 5.75 Å². The average molecular weight is 155 g/mol. The zero-order valence-electron chi connectivity index (χ0n) is 6.72. The van der Waals surface area contributed by atoms with Gasteiger partial charge in [0.25, 0.3) is 0 Å². The molecule has 0 saturated carbocycles. The largest absolute Gasteiger partial charge is 0.224 e. The average Bonchev–Trinajstić information content (AvgIpc) is 1.88. The van der Waals surface area contributed by atoms with Crippen molar-refractivity contribution in [1.29, 1.82) is 0 Å². The molecule has 0 aromatic carbocycles. The molecule has 1 heterocycles. The van der Waals surface area contributed by atoms with Crippen LogP contribution in [0.25, 0.3) is 0 Å². The number of nitrogens with zero attached hydrogens (tertiary/aromatic N) is 1. The van der Waals surface area contributed by atoms with E-state index in [4.69, 9.17) is 0 Å². The Labute approximate surface area is 66.8 Å². The highest BCUT2D eigenvalue weighted by molar-refractivity contribution is 7.98. The Morgan fingerprint density at radius 1 is 1.50 bits per heavy atom. The van der Waals surface area contributed by atoms with Gasteiger partial charge in [0.15, 0.2) is 0 Å². The van der Waals surface area contributed by atoms with Gasteiger partial charge in [-0.15, -0.1) is 0 Å². The van der Waals surface area contributed by atoms with Crippen molar-refractivity contribution in [1.82, 2.24) is 0 Å². The Morgan fingerprint density at radius 2 is 2.20 bits per heavy atom. The molecule has 0 N–H and O–H groups in total. The third-order valence-corrected chi connectivity index (χ3v) is 2.31. The molecular formula is C8H13NS. The van der Waals surface area contributed by atoms with Crippen LogP contribution in [-0.2, 0) is 0 Å². The lowest BCUT2D eigenvalue weighted by molar-refractivity contribution is 0.507. The van der Waals surface area contributed by atoms with Gasteiger partial charge in [-0.25, -0.2) is 4.40 Å². The first-order valence-corrected chi connectivity index (χ1v) is 4.40. The zero-order chi connectivity index (χ0) is 7.61. The molecule has 0 aromatic rings. The van der Waals surface area contributed by atoms with Crippen LogP contribution >= 0.6 is 11.9 Å². The van der Waals surface area contributed by atoms with E-state index in [0.29, 0.717) is 5.41 Å². The Morgan fingerprint density at radius 3 is 2.50 bits per heavy atom. The fourth-order valence-corrected chi connectivity index (χ4v) is 1.67. The first-order chi connectivity index (χ1) is 4.61. The van der Waals surface area contributed by atoms with Gasteiger partial charge in [0.1, 0.15) is 0 Å². The summed E-state index contributed by atoms with van der Waals surface area (Å²) in [5.74, 6) is 1.06. The van der Waals surface area contributed by atoms with Crippen LogP contribution in [0.4, 0.5) is 0 Å². The first kappa shape index (κ1) is 7.86. The predicted octanol–water partition coefficient (Wildman–Crippen LogP) is 2.69. The van der Waals surface area contributed by atoms with Crippen LogP contribution in [0.5, 0.6) is 0 Å². The van der Waals surface area contributed by atoms with E-state index in [-0.39, 0.29) is 0 Å². The molecule has 1 aliphatic heterocycles. The van der Waals surface area contributed by atoms with Crippen LogP contribution in [0.1, 0.15) is 20.8 Å². The molecule has 0 fully saturated rings. The summed E-state index contributed by atoms with van der Waals surface area (Å²) in [4.78, 5) is 0. The number of hydrogen-bond acceptors (Lipinski definition) is 2. The zero-order valence-corrected chi connectivity index (χ0v) is 7.53. The van der Waals surface area contributed by atoms with Gasteiger partial charge in [0, 0.05) is 12.0 Å². The summed E-state index contributed by atoms with van der Waals surface area (Å²) in [5.41, 5.74) is 1.80. The van der Waals surface area contributed by atoms with Gasteiger partial charge >= 0.3 is 0 Å². The van der Waals surface area contributed by atoms with Gasteiger partial charge < -0.3 is 0 Å². The third-order valence-electron chi connectivity index (χ3n) is 1.59. The topological polar surface area (TPSA) is 12.4 Å². The highest BCUT2D eigenvalue weighted by atomic mass is 32.2. The summed E-state index contributed by atoms with van der Waals surface area (Å²) in [6.07, 6.45) is 4.01. The summed E-state index contributed by atoms with van der Waals surface area (Å²) < 4.78 is 4.06. The monoisotopic (exact) mass is 155 g/mol. The van der Waals surface area contributed by atoms with Gasteiger partial charge in [-0.05, 0) is 23.4 Å². The van der Waals surface area contributed by atoms with E-state index in [0.717, 1.165) is 5.75 Å². The van der Waals surface area contributed by atoms with Crippen LogP contribution < -0.4 is 0 Å². The molecule has 0 spiro atoms. The van der Waals surface area contributed by atoms with Crippen LogP contribution in [0.3, 0.4) is 0 Å². The lowest BCUT2D eigenvalue weighted by Crippen LogP contribution is -2.12. The maximum Gasteiger partial charge on any atom is 0.0372 e. The van der Waals surface area contributed by atoms with E-state index in [1.54, 1.807) is 11.9 Å². The van der Waals surface area contributed by atoms with Gasteiger partial charge in [-0.2, -0.15) is 0 Å². The molecule has 1 rings (SSSR count). The smallest absolute Gasteiger partial charge is 0.0372 e. The molecule has 0 radical (unpaired) electrons. The van der Waals surface area contributed by atoms with Crippen molar-refractivity contribution in [2.24, 2.45) is 9.81 Å². The van der Waals surface area contributed by atoms with Crippen LogP contribution in [0.2, 0.25) is 0 Å². The van der Waals surface area contributed by atoms with E-state index in [2.05, 4.69) is 31.2 Å². The summed E-state index contributed by atoms with van der Waals surface area (Å²) in [5, 5.41) is 0. The highest BCUT2D eigenvalue weighted by Crippen LogP contribution is 2.29. The molecule has 56 valence electrons. The van der Waals surface area contributed by atoms with Gasteiger partial charge in [0.05, 0.1) is 0 Å². The molecular weight excluding hydrogens is 142 g/mol. The van der Waals surface area contributed by atoms with E-state index in [1.807, 2.05) is 6.21 Å². The van der Waals surface area contributed by atoms with Crippen molar-refractivity contribution in [3.05, 3.63) is 11.6 Å². The van der Waals surface area contributed by atoms with Crippen LogP contribution in [0, 0.1) is 5.41 Å². The number of hydrogen-bond donors (Lipinski definition) is 0. The second-order valence-electron chi connectivity index (χ2n) is 3.47. The van der Waals surface area contributed by atoms with Crippen molar-refractivity contribution < 1.29 is 0 Å².